The lowest BCUT2D eigenvalue weighted by atomic mass is 10.1. The molecular weight excluding hydrogens is 240 g/mol. The number of carbonyl (C=O) groups excluding carboxylic acids is 1. The van der Waals surface area contributed by atoms with E-state index in [1.807, 2.05) is 11.0 Å². The summed E-state index contributed by atoms with van der Waals surface area (Å²) in [5, 5.41) is 8.69. The maximum absolute atomic E-state index is 12.0. The quantitative estimate of drug-likeness (QED) is 0.832. The molecular formula is C15H18N2O2. The fraction of sp³-hybridized carbons (Fsp3) is 0.467. The van der Waals surface area contributed by atoms with Gasteiger partial charge in [-0.05, 0) is 36.6 Å². The van der Waals surface area contributed by atoms with Crippen LogP contribution in [0.15, 0.2) is 24.3 Å². The summed E-state index contributed by atoms with van der Waals surface area (Å²) in [6.07, 6.45) is 2.22. The highest BCUT2D eigenvalue weighted by molar-refractivity contribution is 5.78. The SMILES string of the molecule is CCC1CCN(C(=O)COc2ccc(C#N)cc2)C1. The fourth-order valence-electron chi connectivity index (χ4n) is 2.25. The molecule has 1 heterocycles. The number of amides is 1. The van der Waals surface area contributed by atoms with Crippen LogP contribution in [0.25, 0.3) is 0 Å². The Morgan fingerprint density at radius 3 is 2.79 bits per heavy atom. The van der Waals surface area contributed by atoms with Crippen molar-refractivity contribution in [2.75, 3.05) is 19.7 Å². The molecule has 1 aromatic carbocycles. The Balaban J connectivity index is 1.82. The van der Waals surface area contributed by atoms with Gasteiger partial charge < -0.3 is 9.64 Å². The highest BCUT2D eigenvalue weighted by Gasteiger charge is 2.24. The van der Waals surface area contributed by atoms with Crippen molar-refractivity contribution in [2.45, 2.75) is 19.8 Å². The van der Waals surface area contributed by atoms with Crippen molar-refractivity contribution in [1.82, 2.24) is 4.90 Å². The molecule has 0 aromatic heterocycles. The topological polar surface area (TPSA) is 53.3 Å². The maximum Gasteiger partial charge on any atom is 0.260 e. The number of ether oxygens (including phenoxy) is 1. The van der Waals surface area contributed by atoms with E-state index in [2.05, 4.69) is 6.92 Å². The lowest BCUT2D eigenvalue weighted by Crippen LogP contribution is -2.33. The van der Waals surface area contributed by atoms with Crippen LogP contribution in [0.5, 0.6) is 5.75 Å². The van der Waals surface area contributed by atoms with E-state index in [1.165, 1.54) is 0 Å². The zero-order valence-corrected chi connectivity index (χ0v) is 11.1. The van der Waals surface area contributed by atoms with E-state index < -0.39 is 0 Å². The van der Waals surface area contributed by atoms with Crippen molar-refractivity contribution in [3.8, 4) is 11.8 Å². The van der Waals surface area contributed by atoms with Crippen molar-refractivity contribution in [3.63, 3.8) is 0 Å². The van der Waals surface area contributed by atoms with Crippen LogP contribution in [0.4, 0.5) is 0 Å². The Kier molecular flexibility index (Phi) is 4.40. The average Bonchev–Trinajstić information content (AvgIpc) is 2.94. The largest absolute Gasteiger partial charge is 0.484 e. The monoisotopic (exact) mass is 258 g/mol. The van der Waals surface area contributed by atoms with Crippen LogP contribution in [0.2, 0.25) is 0 Å². The van der Waals surface area contributed by atoms with Crippen LogP contribution in [0.1, 0.15) is 25.3 Å². The summed E-state index contributed by atoms with van der Waals surface area (Å²) in [5.41, 5.74) is 0.587. The van der Waals surface area contributed by atoms with E-state index in [0.717, 1.165) is 25.9 Å². The Morgan fingerprint density at radius 2 is 2.21 bits per heavy atom. The van der Waals surface area contributed by atoms with E-state index in [4.69, 9.17) is 10.00 Å². The van der Waals surface area contributed by atoms with Gasteiger partial charge in [0.1, 0.15) is 5.75 Å². The van der Waals surface area contributed by atoms with Crippen molar-refractivity contribution in [1.29, 1.82) is 5.26 Å². The molecule has 1 unspecified atom stereocenters. The number of benzene rings is 1. The van der Waals surface area contributed by atoms with Gasteiger partial charge in [0.2, 0.25) is 0 Å². The second kappa shape index (κ2) is 6.24. The van der Waals surface area contributed by atoms with Crippen LogP contribution in [0.3, 0.4) is 0 Å². The minimum Gasteiger partial charge on any atom is -0.484 e. The molecule has 0 radical (unpaired) electrons. The molecule has 0 saturated carbocycles. The molecule has 4 nitrogen and oxygen atoms in total. The number of hydrogen-bond donors (Lipinski definition) is 0. The number of nitrogens with zero attached hydrogens (tertiary/aromatic N) is 2. The van der Waals surface area contributed by atoms with E-state index in [9.17, 15) is 4.79 Å². The standard InChI is InChI=1S/C15H18N2O2/c1-2-12-7-8-17(10-12)15(18)11-19-14-5-3-13(9-16)4-6-14/h3-6,12H,2,7-8,10-11H2,1H3. The summed E-state index contributed by atoms with van der Waals surface area (Å²) in [4.78, 5) is 13.8. The summed E-state index contributed by atoms with van der Waals surface area (Å²) < 4.78 is 5.45. The second-order valence-electron chi connectivity index (χ2n) is 4.83. The number of rotatable bonds is 4. The Labute approximate surface area is 113 Å². The molecule has 0 N–H and O–H groups in total. The lowest BCUT2D eigenvalue weighted by molar-refractivity contribution is -0.132. The Bertz CT molecular complexity index is 476. The zero-order chi connectivity index (χ0) is 13.7. The van der Waals surface area contributed by atoms with Gasteiger partial charge in [-0.15, -0.1) is 0 Å². The molecule has 1 amide bonds. The third-order valence-corrected chi connectivity index (χ3v) is 3.56. The number of hydrogen-bond acceptors (Lipinski definition) is 3. The van der Waals surface area contributed by atoms with Gasteiger partial charge >= 0.3 is 0 Å². The highest BCUT2D eigenvalue weighted by atomic mass is 16.5. The first-order valence-corrected chi connectivity index (χ1v) is 6.63. The van der Waals surface area contributed by atoms with Crippen LogP contribution < -0.4 is 4.74 Å². The Morgan fingerprint density at radius 1 is 1.47 bits per heavy atom. The first-order chi connectivity index (χ1) is 9.22. The molecule has 19 heavy (non-hydrogen) atoms. The normalized spacial score (nSPS) is 18.1. The highest BCUT2D eigenvalue weighted by Crippen LogP contribution is 2.19. The molecule has 100 valence electrons. The Hall–Kier alpha value is -2.02. The number of nitriles is 1. The van der Waals surface area contributed by atoms with E-state index >= 15 is 0 Å². The molecule has 1 fully saturated rings. The van der Waals surface area contributed by atoms with Gasteiger partial charge in [-0.25, -0.2) is 0 Å². The van der Waals surface area contributed by atoms with Gasteiger partial charge in [0.05, 0.1) is 11.6 Å². The minimum absolute atomic E-state index is 0.0420. The lowest BCUT2D eigenvalue weighted by Gasteiger charge is -2.16. The number of carbonyl (C=O) groups is 1. The summed E-state index contributed by atoms with van der Waals surface area (Å²) >= 11 is 0. The van der Waals surface area contributed by atoms with Gasteiger partial charge in [0, 0.05) is 13.1 Å². The molecule has 1 aromatic rings. The van der Waals surface area contributed by atoms with Crippen LogP contribution in [0, 0.1) is 17.2 Å². The minimum atomic E-state index is 0.0420. The van der Waals surface area contributed by atoms with Gasteiger partial charge in [0.25, 0.3) is 5.91 Å². The first kappa shape index (κ1) is 13.4. The van der Waals surface area contributed by atoms with Crippen molar-refractivity contribution in [2.24, 2.45) is 5.92 Å². The van der Waals surface area contributed by atoms with E-state index in [0.29, 0.717) is 17.2 Å². The second-order valence-corrected chi connectivity index (χ2v) is 4.83. The third kappa shape index (κ3) is 3.47. The molecule has 0 aliphatic carbocycles. The predicted octanol–water partition coefficient (Wildman–Crippen LogP) is 2.20. The molecule has 0 spiro atoms. The first-order valence-electron chi connectivity index (χ1n) is 6.63. The summed E-state index contributed by atoms with van der Waals surface area (Å²) in [6, 6.07) is 8.84. The molecule has 1 atom stereocenters. The molecule has 2 rings (SSSR count). The molecule has 1 saturated heterocycles. The van der Waals surface area contributed by atoms with Crippen molar-refractivity contribution >= 4 is 5.91 Å². The van der Waals surface area contributed by atoms with Gasteiger partial charge in [-0.1, -0.05) is 13.3 Å². The number of likely N-dealkylation sites (tertiary alicyclic amines) is 1. The van der Waals surface area contributed by atoms with Crippen molar-refractivity contribution in [3.05, 3.63) is 29.8 Å². The van der Waals surface area contributed by atoms with E-state index in [1.54, 1.807) is 24.3 Å². The van der Waals surface area contributed by atoms with E-state index in [-0.39, 0.29) is 12.5 Å². The third-order valence-electron chi connectivity index (χ3n) is 3.56. The van der Waals surface area contributed by atoms with Crippen molar-refractivity contribution < 1.29 is 9.53 Å². The smallest absolute Gasteiger partial charge is 0.260 e. The fourth-order valence-corrected chi connectivity index (χ4v) is 2.25. The van der Waals surface area contributed by atoms with Crippen LogP contribution >= 0.6 is 0 Å². The van der Waals surface area contributed by atoms with Crippen LogP contribution in [-0.4, -0.2) is 30.5 Å². The van der Waals surface area contributed by atoms with Gasteiger partial charge in [0.15, 0.2) is 6.61 Å². The average molecular weight is 258 g/mol. The van der Waals surface area contributed by atoms with Gasteiger partial charge in [-0.2, -0.15) is 5.26 Å². The zero-order valence-electron chi connectivity index (χ0n) is 11.1. The summed E-state index contributed by atoms with van der Waals surface area (Å²) in [5.74, 6) is 1.30. The molecule has 4 heteroatoms. The van der Waals surface area contributed by atoms with Crippen LogP contribution in [-0.2, 0) is 4.79 Å². The summed E-state index contributed by atoms with van der Waals surface area (Å²) in [6.45, 7) is 3.92. The summed E-state index contributed by atoms with van der Waals surface area (Å²) in [7, 11) is 0. The van der Waals surface area contributed by atoms with Gasteiger partial charge in [-0.3, -0.25) is 4.79 Å². The molecule has 1 aliphatic heterocycles. The molecule has 1 aliphatic rings. The molecule has 0 bridgehead atoms. The maximum atomic E-state index is 12.0. The predicted molar refractivity (Wildman–Crippen MR) is 71.6 cm³/mol.